The van der Waals surface area contributed by atoms with Crippen LogP contribution in [0.15, 0.2) is 42.5 Å². The molecule has 0 heterocycles. The number of amides is 3. The van der Waals surface area contributed by atoms with Crippen LogP contribution in [0.5, 0.6) is 5.75 Å². The van der Waals surface area contributed by atoms with E-state index in [2.05, 4.69) is 10.6 Å². The van der Waals surface area contributed by atoms with Gasteiger partial charge in [0.05, 0.1) is 7.11 Å². The number of carbonyl (C=O) groups is 3. The average molecular weight is 512 g/mol. The molecule has 8 heteroatoms. The van der Waals surface area contributed by atoms with Crippen molar-refractivity contribution in [3.8, 4) is 5.75 Å². The van der Waals surface area contributed by atoms with Crippen LogP contribution in [0.2, 0.25) is 0 Å². The van der Waals surface area contributed by atoms with Crippen LogP contribution in [0.3, 0.4) is 0 Å². The van der Waals surface area contributed by atoms with E-state index in [0.29, 0.717) is 17.0 Å². The molecule has 0 bridgehead atoms. The van der Waals surface area contributed by atoms with Gasteiger partial charge < -0.3 is 25.0 Å². The molecule has 8 nitrogen and oxygen atoms in total. The van der Waals surface area contributed by atoms with Gasteiger partial charge in [-0.2, -0.15) is 0 Å². The van der Waals surface area contributed by atoms with Crippen molar-refractivity contribution in [2.45, 2.75) is 73.1 Å². The van der Waals surface area contributed by atoms with Crippen molar-refractivity contribution < 1.29 is 23.9 Å². The SMILES string of the molecule is CCN(C(=O)C(NC(=O)OC(C)(C)C)C(C)C)C(C(=O)Nc1ccc(OC)cc1)c1ccc(C)c(C)c1. The van der Waals surface area contributed by atoms with E-state index >= 15 is 0 Å². The summed E-state index contributed by atoms with van der Waals surface area (Å²) < 4.78 is 10.6. The fourth-order valence-electron chi connectivity index (χ4n) is 3.88. The Morgan fingerprint density at radius 3 is 2.08 bits per heavy atom. The number of rotatable bonds is 9. The molecule has 0 aliphatic carbocycles. The molecule has 0 fully saturated rings. The highest BCUT2D eigenvalue weighted by molar-refractivity contribution is 5.99. The number of benzene rings is 2. The molecule has 2 aromatic carbocycles. The summed E-state index contributed by atoms with van der Waals surface area (Å²) in [6.45, 7) is 15.0. The minimum absolute atomic E-state index is 0.237. The van der Waals surface area contributed by atoms with Gasteiger partial charge in [-0.3, -0.25) is 9.59 Å². The highest BCUT2D eigenvalue weighted by Gasteiger charge is 2.37. The van der Waals surface area contributed by atoms with Crippen molar-refractivity contribution in [2.75, 3.05) is 19.0 Å². The van der Waals surface area contributed by atoms with Gasteiger partial charge in [0.2, 0.25) is 5.91 Å². The molecule has 202 valence electrons. The van der Waals surface area contributed by atoms with E-state index in [1.807, 2.05) is 52.8 Å². The quantitative estimate of drug-likeness (QED) is 0.471. The van der Waals surface area contributed by atoms with Crippen molar-refractivity contribution >= 4 is 23.6 Å². The normalized spacial score (nSPS) is 12.9. The largest absolute Gasteiger partial charge is 0.497 e. The number of carbonyl (C=O) groups excluding carboxylic acids is 3. The molecule has 0 aromatic heterocycles. The second-order valence-electron chi connectivity index (χ2n) is 10.5. The van der Waals surface area contributed by atoms with Gasteiger partial charge in [-0.1, -0.05) is 32.0 Å². The number of nitrogens with one attached hydrogen (secondary N) is 2. The standard InChI is InChI=1S/C29H41N3O5/c1-10-32(27(34)24(18(2)3)31-28(35)37-29(6,7)8)25(21-12-11-19(4)20(5)17-21)26(33)30-22-13-15-23(36-9)16-14-22/h11-18,24-25H,10H2,1-9H3,(H,30,33)(H,31,35). The third-order valence-electron chi connectivity index (χ3n) is 5.99. The zero-order valence-electron chi connectivity index (χ0n) is 23.5. The third kappa shape index (κ3) is 8.23. The van der Waals surface area contributed by atoms with Crippen LogP contribution in [0, 0.1) is 19.8 Å². The van der Waals surface area contributed by atoms with Crippen LogP contribution < -0.4 is 15.4 Å². The lowest BCUT2D eigenvalue weighted by atomic mass is 9.96. The number of hydrogen-bond acceptors (Lipinski definition) is 5. The van der Waals surface area contributed by atoms with Crippen LogP contribution in [-0.4, -0.2) is 48.1 Å². The second kappa shape index (κ2) is 12.6. The summed E-state index contributed by atoms with van der Waals surface area (Å²) in [7, 11) is 1.57. The molecule has 0 aliphatic heterocycles. The average Bonchev–Trinajstić information content (AvgIpc) is 2.81. The molecule has 0 radical (unpaired) electrons. The molecule has 2 N–H and O–H groups in total. The maximum absolute atomic E-state index is 13.9. The predicted octanol–water partition coefficient (Wildman–Crippen LogP) is 5.39. The molecule has 2 atom stereocenters. The van der Waals surface area contributed by atoms with E-state index in [1.165, 1.54) is 4.90 Å². The van der Waals surface area contributed by atoms with Crippen molar-refractivity contribution in [3.63, 3.8) is 0 Å². The molecule has 2 rings (SSSR count). The van der Waals surface area contributed by atoms with E-state index in [4.69, 9.17) is 9.47 Å². The molecule has 2 aromatic rings. The lowest BCUT2D eigenvalue weighted by molar-refractivity contribution is -0.141. The lowest BCUT2D eigenvalue weighted by Gasteiger charge is -2.35. The van der Waals surface area contributed by atoms with Crippen LogP contribution >= 0.6 is 0 Å². The smallest absolute Gasteiger partial charge is 0.408 e. The molecule has 0 aliphatic rings. The maximum Gasteiger partial charge on any atom is 0.408 e. The zero-order chi connectivity index (χ0) is 27.9. The molecular formula is C29H41N3O5. The fourth-order valence-corrected chi connectivity index (χ4v) is 3.88. The highest BCUT2D eigenvalue weighted by atomic mass is 16.6. The van der Waals surface area contributed by atoms with Crippen molar-refractivity contribution in [3.05, 3.63) is 59.2 Å². The topological polar surface area (TPSA) is 97.0 Å². The van der Waals surface area contributed by atoms with Gasteiger partial charge in [0, 0.05) is 12.2 Å². The summed E-state index contributed by atoms with van der Waals surface area (Å²) in [5.74, 6) is -0.291. The lowest BCUT2D eigenvalue weighted by Crippen LogP contribution is -2.54. The Labute approximate surface area is 220 Å². The highest BCUT2D eigenvalue weighted by Crippen LogP contribution is 2.27. The number of hydrogen-bond donors (Lipinski definition) is 2. The Kier molecular flexibility index (Phi) is 10.1. The van der Waals surface area contributed by atoms with Crippen LogP contribution in [0.25, 0.3) is 0 Å². The Balaban J connectivity index is 2.46. The number of alkyl carbamates (subject to hydrolysis) is 1. The number of likely N-dealkylation sites (N-methyl/N-ethyl adjacent to an activating group) is 1. The molecule has 0 spiro atoms. The third-order valence-corrected chi connectivity index (χ3v) is 5.99. The summed E-state index contributed by atoms with van der Waals surface area (Å²) >= 11 is 0. The van der Waals surface area contributed by atoms with Crippen molar-refractivity contribution in [1.29, 1.82) is 0 Å². The van der Waals surface area contributed by atoms with E-state index in [-0.39, 0.29) is 24.3 Å². The predicted molar refractivity (Wildman–Crippen MR) is 146 cm³/mol. The van der Waals surface area contributed by atoms with Gasteiger partial charge in [-0.25, -0.2) is 4.79 Å². The van der Waals surface area contributed by atoms with Gasteiger partial charge in [-0.15, -0.1) is 0 Å². The Bertz CT molecular complexity index is 1090. The molecular weight excluding hydrogens is 470 g/mol. The summed E-state index contributed by atoms with van der Waals surface area (Å²) in [5.41, 5.74) is 2.65. The molecule has 0 saturated carbocycles. The number of ether oxygens (including phenoxy) is 2. The maximum atomic E-state index is 13.9. The first-order valence-corrected chi connectivity index (χ1v) is 12.6. The summed E-state index contributed by atoms with van der Waals surface area (Å²) in [6.07, 6.45) is -0.680. The van der Waals surface area contributed by atoms with E-state index < -0.39 is 23.8 Å². The zero-order valence-corrected chi connectivity index (χ0v) is 23.5. The van der Waals surface area contributed by atoms with Crippen molar-refractivity contribution in [2.24, 2.45) is 5.92 Å². The van der Waals surface area contributed by atoms with Gasteiger partial charge >= 0.3 is 6.09 Å². The van der Waals surface area contributed by atoms with Crippen LogP contribution in [-0.2, 0) is 14.3 Å². The van der Waals surface area contributed by atoms with E-state index in [9.17, 15) is 14.4 Å². The Morgan fingerprint density at radius 2 is 1.59 bits per heavy atom. The van der Waals surface area contributed by atoms with Gasteiger partial charge in [0.15, 0.2) is 0 Å². The van der Waals surface area contributed by atoms with Gasteiger partial charge in [0.1, 0.15) is 23.4 Å². The van der Waals surface area contributed by atoms with Crippen molar-refractivity contribution in [1.82, 2.24) is 10.2 Å². The minimum atomic E-state index is -0.916. The fraction of sp³-hybridized carbons (Fsp3) is 0.483. The first-order valence-electron chi connectivity index (χ1n) is 12.6. The first-order chi connectivity index (χ1) is 17.3. The van der Waals surface area contributed by atoms with E-state index in [1.54, 1.807) is 52.1 Å². The monoisotopic (exact) mass is 511 g/mol. The summed E-state index contributed by atoms with van der Waals surface area (Å²) in [5, 5.41) is 5.65. The van der Waals surface area contributed by atoms with E-state index in [0.717, 1.165) is 11.1 Å². The molecule has 3 amide bonds. The number of aryl methyl sites for hydroxylation is 2. The second-order valence-corrected chi connectivity index (χ2v) is 10.5. The van der Waals surface area contributed by atoms with Gasteiger partial charge in [-0.05, 0) is 88.4 Å². The molecule has 37 heavy (non-hydrogen) atoms. The molecule has 2 unspecified atom stereocenters. The minimum Gasteiger partial charge on any atom is -0.497 e. The first kappa shape index (κ1) is 29.7. The number of methoxy groups -OCH3 is 1. The van der Waals surface area contributed by atoms with Crippen LogP contribution in [0.4, 0.5) is 10.5 Å². The van der Waals surface area contributed by atoms with Crippen LogP contribution in [0.1, 0.15) is 64.3 Å². The number of anilines is 1. The molecule has 0 saturated heterocycles. The Hall–Kier alpha value is -3.55. The summed E-state index contributed by atoms with van der Waals surface area (Å²) in [4.78, 5) is 41.7. The summed E-state index contributed by atoms with van der Waals surface area (Å²) in [6, 6.07) is 10.9. The Morgan fingerprint density at radius 1 is 0.973 bits per heavy atom. The number of nitrogens with zero attached hydrogens (tertiary/aromatic N) is 1. The van der Waals surface area contributed by atoms with Gasteiger partial charge in [0.25, 0.3) is 5.91 Å².